The first kappa shape index (κ1) is 14.6. The molecule has 0 radical (unpaired) electrons. The predicted molar refractivity (Wildman–Crippen MR) is 86.9 cm³/mol. The maximum Gasteiger partial charge on any atom is 0.333 e. The molecule has 1 N–H and O–H groups in total. The van der Waals surface area contributed by atoms with Gasteiger partial charge in [-0.25, -0.2) is 9.69 Å². The molecule has 1 aliphatic rings. The van der Waals surface area contributed by atoms with E-state index in [9.17, 15) is 9.59 Å². The van der Waals surface area contributed by atoms with Crippen LogP contribution in [0.2, 0.25) is 10.0 Å². The summed E-state index contributed by atoms with van der Waals surface area (Å²) >= 11 is 11.6. The number of imide groups is 1. The Hall–Kier alpha value is -2.30. The Morgan fingerprint density at radius 3 is 2.00 bits per heavy atom. The molecule has 22 heavy (non-hydrogen) atoms. The van der Waals surface area contributed by atoms with E-state index >= 15 is 0 Å². The molecule has 0 spiro atoms. The lowest BCUT2D eigenvalue weighted by molar-refractivity contribution is -0.113. The number of anilines is 1. The average Bonchev–Trinajstić information content (AvgIpc) is 2.77. The second kappa shape index (κ2) is 5.83. The standard InChI is InChI=1S/C16H10Cl2N2O2/c17-11-3-1-10(2-4-11)9-14-15(21)20(16(22)19-14)13-7-5-12(18)6-8-13/h1-9H,(H,19,22)/b14-9-. The zero-order valence-electron chi connectivity index (χ0n) is 11.2. The lowest BCUT2D eigenvalue weighted by Crippen LogP contribution is -2.30. The van der Waals surface area contributed by atoms with Gasteiger partial charge in [0, 0.05) is 10.0 Å². The van der Waals surface area contributed by atoms with Gasteiger partial charge in [0.05, 0.1) is 5.69 Å². The van der Waals surface area contributed by atoms with E-state index in [0.29, 0.717) is 15.7 Å². The highest BCUT2D eigenvalue weighted by atomic mass is 35.5. The van der Waals surface area contributed by atoms with E-state index in [4.69, 9.17) is 23.2 Å². The summed E-state index contributed by atoms with van der Waals surface area (Å²) in [4.78, 5) is 25.5. The van der Waals surface area contributed by atoms with Crippen LogP contribution in [-0.2, 0) is 4.79 Å². The van der Waals surface area contributed by atoms with Crippen LogP contribution in [0.1, 0.15) is 5.56 Å². The van der Waals surface area contributed by atoms with Gasteiger partial charge in [0.15, 0.2) is 0 Å². The van der Waals surface area contributed by atoms with E-state index in [1.165, 1.54) is 0 Å². The first-order chi connectivity index (χ1) is 10.5. The van der Waals surface area contributed by atoms with Crippen molar-refractivity contribution in [1.82, 2.24) is 5.32 Å². The van der Waals surface area contributed by atoms with Crippen molar-refractivity contribution in [3.05, 3.63) is 69.8 Å². The number of halogens is 2. The summed E-state index contributed by atoms with van der Waals surface area (Å²) in [5.74, 6) is -0.415. The number of nitrogens with zero attached hydrogens (tertiary/aromatic N) is 1. The third-order valence-electron chi connectivity index (χ3n) is 3.14. The number of carbonyl (C=O) groups excluding carboxylic acids is 2. The van der Waals surface area contributed by atoms with E-state index in [1.54, 1.807) is 54.6 Å². The van der Waals surface area contributed by atoms with Crippen LogP contribution in [0.25, 0.3) is 6.08 Å². The fraction of sp³-hybridized carbons (Fsp3) is 0. The number of nitrogens with one attached hydrogen (secondary N) is 1. The average molecular weight is 333 g/mol. The summed E-state index contributed by atoms with van der Waals surface area (Å²) in [6, 6.07) is 12.9. The molecule has 0 saturated carbocycles. The molecule has 4 nitrogen and oxygen atoms in total. The van der Waals surface area contributed by atoms with Crippen LogP contribution < -0.4 is 10.2 Å². The largest absolute Gasteiger partial charge is 0.333 e. The van der Waals surface area contributed by atoms with E-state index < -0.39 is 11.9 Å². The normalized spacial score (nSPS) is 16.3. The summed E-state index contributed by atoms with van der Waals surface area (Å²) in [7, 11) is 0. The number of hydrogen-bond donors (Lipinski definition) is 1. The van der Waals surface area contributed by atoms with Crippen molar-refractivity contribution in [3.8, 4) is 0 Å². The molecule has 1 fully saturated rings. The molecule has 1 heterocycles. The fourth-order valence-corrected chi connectivity index (χ4v) is 2.34. The maximum absolute atomic E-state index is 12.4. The van der Waals surface area contributed by atoms with Crippen LogP contribution in [0.4, 0.5) is 10.5 Å². The van der Waals surface area contributed by atoms with Gasteiger partial charge in [0.1, 0.15) is 5.70 Å². The highest BCUT2D eigenvalue weighted by Crippen LogP contribution is 2.24. The van der Waals surface area contributed by atoms with Crippen molar-refractivity contribution >= 4 is 46.9 Å². The van der Waals surface area contributed by atoms with Crippen molar-refractivity contribution in [2.24, 2.45) is 0 Å². The smallest absolute Gasteiger partial charge is 0.302 e. The van der Waals surface area contributed by atoms with E-state index in [0.717, 1.165) is 10.5 Å². The van der Waals surface area contributed by atoms with Crippen molar-refractivity contribution in [2.45, 2.75) is 0 Å². The molecule has 0 aliphatic carbocycles. The monoisotopic (exact) mass is 332 g/mol. The Morgan fingerprint density at radius 2 is 1.41 bits per heavy atom. The minimum Gasteiger partial charge on any atom is -0.302 e. The van der Waals surface area contributed by atoms with E-state index in [2.05, 4.69) is 5.32 Å². The Labute approximate surface area is 136 Å². The first-order valence-electron chi connectivity index (χ1n) is 6.43. The molecule has 0 bridgehead atoms. The third kappa shape index (κ3) is 2.84. The minimum atomic E-state index is -0.493. The number of benzene rings is 2. The number of carbonyl (C=O) groups is 2. The van der Waals surface area contributed by atoms with E-state index in [1.807, 2.05) is 0 Å². The van der Waals surface area contributed by atoms with Gasteiger partial charge >= 0.3 is 6.03 Å². The molecule has 2 aromatic rings. The second-order valence-electron chi connectivity index (χ2n) is 4.66. The van der Waals surface area contributed by atoms with Gasteiger partial charge in [-0.2, -0.15) is 0 Å². The molecule has 3 amide bonds. The van der Waals surface area contributed by atoms with Crippen LogP contribution in [0, 0.1) is 0 Å². The molecular formula is C16H10Cl2N2O2. The van der Waals surface area contributed by atoms with Crippen LogP contribution in [0.3, 0.4) is 0 Å². The number of amides is 3. The third-order valence-corrected chi connectivity index (χ3v) is 3.65. The van der Waals surface area contributed by atoms with Crippen molar-refractivity contribution in [3.63, 3.8) is 0 Å². The van der Waals surface area contributed by atoms with Crippen molar-refractivity contribution in [1.29, 1.82) is 0 Å². The molecule has 3 rings (SSSR count). The molecule has 1 aliphatic heterocycles. The lowest BCUT2D eigenvalue weighted by Gasteiger charge is -2.11. The van der Waals surface area contributed by atoms with Gasteiger partial charge in [-0.15, -0.1) is 0 Å². The van der Waals surface area contributed by atoms with Crippen molar-refractivity contribution < 1.29 is 9.59 Å². The summed E-state index contributed by atoms with van der Waals surface area (Å²) in [6.07, 6.45) is 1.60. The van der Waals surface area contributed by atoms with Gasteiger partial charge in [0.2, 0.25) is 0 Å². The summed E-state index contributed by atoms with van der Waals surface area (Å²) < 4.78 is 0. The first-order valence-corrected chi connectivity index (χ1v) is 7.18. The minimum absolute atomic E-state index is 0.210. The summed E-state index contributed by atoms with van der Waals surface area (Å²) in [5, 5.41) is 3.70. The number of hydrogen-bond acceptors (Lipinski definition) is 2. The highest BCUT2D eigenvalue weighted by molar-refractivity contribution is 6.31. The number of rotatable bonds is 2. The Bertz CT molecular complexity index is 768. The molecule has 0 unspecified atom stereocenters. The van der Waals surface area contributed by atoms with Gasteiger partial charge in [-0.1, -0.05) is 35.3 Å². The fourth-order valence-electron chi connectivity index (χ4n) is 2.09. The molecule has 1 saturated heterocycles. The van der Waals surface area contributed by atoms with Gasteiger partial charge in [0.25, 0.3) is 5.91 Å². The highest BCUT2D eigenvalue weighted by Gasteiger charge is 2.34. The predicted octanol–water partition coefficient (Wildman–Crippen LogP) is 4.09. The molecule has 2 aromatic carbocycles. The lowest BCUT2D eigenvalue weighted by atomic mass is 10.2. The Kier molecular flexibility index (Phi) is 3.88. The van der Waals surface area contributed by atoms with Gasteiger partial charge < -0.3 is 5.32 Å². The molecular weight excluding hydrogens is 323 g/mol. The Morgan fingerprint density at radius 1 is 0.864 bits per heavy atom. The van der Waals surface area contributed by atoms with Crippen LogP contribution in [0.5, 0.6) is 0 Å². The molecule has 110 valence electrons. The summed E-state index contributed by atoms with van der Waals surface area (Å²) in [5.41, 5.74) is 1.44. The summed E-state index contributed by atoms with van der Waals surface area (Å²) in [6.45, 7) is 0. The SMILES string of the molecule is O=C1N/C(=C\c2ccc(Cl)cc2)C(=O)N1c1ccc(Cl)cc1. The van der Waals surface area contributed by atoms with Crippen LogP contribution in [0.15, 0.2) is 54.2 Å². The quantitative estimate of drug-likeness (QED) is 0.665. The maximum atomic E-state index is 12.4. The molecule has 6 heteroatoms. The van der Waals surface area contributed by atoms with Gasteiger partial charge in [-0.3, -0.25) is 4.79 Å². The Balaban J connectivity index is 1.91. The van der Waals surface area contributed by atoms with E-state index in [-0.39, 0.29) is 5.70 Å². The molecule has 0 atom stereocenters. The zero-order valence-corrected chi connectivity index (χ0v) is 12.7. The van der Waals surface area contributed by atoms with Gasteiger partial charge in [-0.05, 0) is 48.0 Å². The van der Waals surface area contributed by atoms with Crippen LogP contribution in [-0.4, -0.2) is 11.9 Å². The number of urea groups is 1. The zero-order chi connectivity index (χ0) is 15.7. The van der Waals surface area contributed by atoms with Crippen LogP contribution >= 0.6 is 23.2 Å². The molecule has 0 aromatic heterocycles. The topological polar surface area (TPSA) is 49.4 Å². The van der Waals surface area contributed by atoms with Crippen molar-refractivity contribution in [2.75, 3.05) is 4.90 Å². The second-order valence-corrected chi connectivity index (χ2v) is 5.53.